The number of ether oxygens (including phenoxy) is 1. The largest absolute Gasteiger partial charge is 0.494 e. The van der Waals surface area contributed by atoms with Crippen molar-refractivity contribution in [3.8, 4) is 5.75 Å². The van der Waals surface area contributed by atoms with Crippen molar-refractivity contribution in [2.24, 2.45) is 17.8 Å². The molecule has 2 aliphatic rings. The summed E-state index contributed by atoms with van der Waals surface area (Å²) in [5, 5.41) is 3.57. The molecule has 0 radical (unpaired) electrons. The summed E-state index contributed by atoms with van der Waals surface area (Å²) in [5.74, 6) is 3.79. The van der Waals surface area contributed by atoms with Crippen molar-refractivity contribution in [1.82, 2.24) is 5.32 Å². The van der Waals surface area contributed by atoms with E-state index in [1.807, 2.05) is 0 Å². The number of rotatable bonds is 6. The second-order valence-corrected chi connectivity index (χ2v) is 6.52. The zero-order valence-electron chi connectivity index (χ0n) is 12.8. The van der Waals surface area contributed by atoms with Crippen LogP contribution in [0.3, 0.4) is 0 Å². The number of benzene rings is 1. The van der Waals surface area contributed by atoms with Gasteiger partial charge in [-0.15, -0.1) is 0 Å². The van der Waals surface area contributed by atoms with E-state index in [1.54, 1.807) is 0 Å². The van der Waals surface area contributed by atoms with Gasteiger partial charge in [0.1, 0.15) is 5.75 Å². The van der Waals surface area contributed by atoms with Crippen molar-refractivity contribution in [1.29, 1.82) is 0 Å². The topological polar surface area (TPSA) is 21.3 Å². The predicted octanol–water partition coefficient (Wildman–Crippen LogP) is 4.17. The van der Waals surface area contributed by atoms with Crippen molar-refractivity contribution in [2.45, 2.75) is 45.1 Å². The molecule has 2 heteroatoms. The molecule has 2 nitrogen and oxygen atoms in total. The Morgan fingerprint density at radius 3 is 2.55 bits per heavy atom. The Morgan fingerprint density at radius 1 is 1.20 bits per heavy atom. The first-order valence-corrected chi connectivity index (χ1v) is 8.21. The van der Waals surface area contributed by atoms with E-state index in [9.17, 15) is 0 Å². The molecule has 2 bridgehead atoms. The van der Waals surface area contributed by atoms with Gasteiger partial charge in [0.05, 0.1) is 6.61 Å². The summed E-state index contributed by atoms with van der Waals surface area (Å²) in [6.45, 7) is 2.95. The molecule has 3 rings (SSSR count). The van der Waals surface area contributed by atoms with Crippen molar-refractivity contribution < 1.29 is 4.74 Å². The van der Waals surface area contributed by atoms with Crippen LogP contribution in [0.1, 0.15) is 50.6 Å². The van der Waals surface area contributed by atoms with Gasteiger partial charge in [-0.05, 0) is 68.2 Å². The summed E-state index contributed by atoms with van der Waals surface area (Å²) in [6.07, 6.45) is 6.88. The molecule has 1 N–H and O–H groups in total. The van der Waals surface area contributed by atoms with E-state index in [4.69, 9.17) is 4.74 Å². The lowest BCUT2D eigenvalue weighted by molar-refractivity contribution is 0.259. The average Bonchev–Trinajstić information content (AvgIpc) is 3.10. The maximum Gasteiger partial charge on any atom is 0.119 e. The van der Waals surface area contributed by atoms with Crippen LogP contribution in [0.4, 0.5) is 0 Å². The first-order chi connectivity index (χ1) is 9.81. The van der Waals surface area contributed by atoms with E-state index in [0.717, 1.165) is 36.5 Å². The van der Waals surface area contributed by atoms with Gasteiger partial charge >= 0.3 is 0 Å². The predicted molar refractivity (Wildman–Crippen MR) is 83.0 cm³/mol. The van der Waals surface area contributed by atoms with Crippen LogP contribution in [0.15, 0.2) is 24.3 Å². The second-order valence-electron chi connectivity index (χ2n) is 6.52. The molecule has 20 heavy (non-hydrogen) atoms. The van der Waals surface area contributed by atoms with Gasteiger partial charge in [0.2, 0.25) is 0 Å². The summed E-state index contributed by atoms with van der Waals surface area (Å²) in [7, 11) is 2.11. The third-order valence-electron chi connectivity index (χ3n) is 5.24. The molecule has 0 saturated heterocycles. The molecule has 0 heterocycles. The Balaban J connectivity index is 1.69. The van der Waals surface area contributed by atoms with Crippen LogP contribution in [0, 0.1) is 17.8 Å². The molecule has 1 aromatic rings. The first kappa shape index (κ1) is 13.9. The minimum Gasteiger partial charge on any atom is -0.494 e. The van der Waals surface area contributed by atoms with Crippen molar-refractivity contribution in [2.75, 3.05) is 13.7 Å². The van der Waals surface area contributed by atoms with Crippen LogP contribution in [0.25, 0.3) is 0 Å². The summed E-state index contributed by atoms with van der Waals surface area (Å²) in [5.41, 5.74) is 1.42. The van der Waals surface area contributed by atoms with Gasteiger partial charge in [-0.1, -0.05) is 25.5 Å². The monoisotopic (exact) mass is 273 g/mol. The van der Waals surface area contributed by atoms with Gasteiger partial charge in [-0.3, -0.25) is 0 Å². The van der Waals surface area contributed by atoms with Gasteiger partial charge in [-0.25, -0.2) is 0 Å². The second kappa shape index (κ2) is 6.17. The third-order valence-corrected chi connectivity index (χ3v) is 5.24. The van der Waals surface area contributed by atoms with Crippen molar-refractivity contribution in [3.63, 3.8) is 0 Å². The fourth-order valence-electron chi connectivity index (χ4n) is 4.32. The molecule has 0 aromatic heterocycles. The van der Waals surface area contributed by atoms with E-state index >= 15 is 0 Å². The van der Waals surface area contributed by atoms with Crippen LogP contribution in [0.2, 0.25) is 0 Å². The van der Waals surface area contributed by atoms with Crippen LogP contribution in [0.5, 0.6) is 5.75 Å². The summed E-state index contributed by atoms with van der Waals surface area (Å²) in [6, 6.07) is 9.27. The number of fused-ring (bicyclic) bond motifs is 2. The quantitative estimate of drug-likeness (QED) is 0.840. The highest BCUT2D eigenvalue weighted by atomic mass is 16.5. The van der Waals surface area contributed by atoms with Crippen molar-refractivity contribution >= 4 is 0 Å². The Bertz CT molecular complexity index is 428. The Hall–Kier alpha value is -1.02. The minimum absolute atomic E-state index is 0.519. The smallest absolute Gasteiger partial charge is 0.119 e. The molecule has 0 amide bonds. The lowest BCUT2D eigenvalue weighted by Crippen LogP contribution is -2.28. The fourth-order valence-corrected chi connectivity index (χ4v) is 4.32. The molecular weight excluding hydrogens is 246 g/mol. The molecule has 4 atom stereocenters. The van der Waals surface area contributed by atoms with E-state index < -0.39 is 0 Å². The van der Waals surface area contributed by atoms with Crippen LogP contribution < -0.4 is 10.1 Å². The molecule has 0 spiro atoms. The number of hydrogen-bond acceptors (Lipinski definition) is 2. The highest BCUT2D eigenvalue weighted by molar-refractivity contribution is 5.30. The lowest BCUT2D eigenvalue weighted by Gasteiger charge is -2.30. The molecule has 0 aliphatic heterocycles. The highest BCUT2D eigenvalue weighted by Gasteiger charge is 2.42. The SMILES string of the molecule is CCCOc1ccc(C(NC)C2CC3CCC2C3)cc1. The van der Waals surface area contributed by atoms with E-state index in [1.165, 1.54) is 31.2 Å². The molecule has 2 saturated carbocycles. The average molecular weight is 273 g/mol. The summed E-state index contributed by atoms with van der Waals surface area (Å²) in [4.78, 5) is 0. The summed E-state index contributed by atoms with van der Waals surface area (Å²) < 4.78 is 5.68. The molecular formula is C18H27NO. The van der Waals surface area contributed by atoms with Crippen LogP contribution >= 0.6 is 0 Å². The van der Waals surface area contributed by atoms with Gasteiger partial charge in [0.15, 0.2) is 0 Å². The fraction of sp³-hybridized carbons (Fsp3) is 0.667. The van der Waals surface area contributed by atoms with E-state index in [-0.39, 0.29) is 0 Å². The third kappa shape index (κ3) is 2.71. The zero-order chi connectivity index (χ0) is 13.9. The maximum absolute atomic E-state index is 5.68. The van der Waals surface area contributed by atoms with Gasteiger partial charge in [-0.2, -0.15) is 0 Å². The zero-order valence-corrected chi connectivity index (χ0v) is 12.8. The minimum atomic E-state index is 0.519. The molecule has 4 unspecified atom stereocenters. The van der Waals surface area contributed by atoms with Gasteiger partial charge in [0.25, 0.3) is 0 Å². The van der Waals surface area contributed by atoms with Crippen molar-refractivity contribution in [3.05, 3.63) is 29.8 Å². The Labute approximate surface area is 122 Å². The normalized spacial score (nSPS) is 29.6. The summed E-state index contributed by atoms with van der Waals surface area (Å²) >= 11 is 0. The Kier molecular flexibility index (Phi) is 4.30. The standard InChI is InChI=1S/C18H27NO/c1-3-10-20-16-8-6-14(7-9-16)18(19-2)17-12-13-4-5-15(17)11-13/h6-9,13,15,17-19H,3-5,10-12H2,1-2H3. The van der Waals surface area contributed by atoms with Gasteiger partial charge < -0.3 is 10.1 Å². The first-order valence-electron chi connectivity index (χ1n) is 8.21. The van der Waals surface area contributed by atoms with Crippen LogP contribution in [-0.4, -0.2) is 13.7 Å². The molecule has 1 aromatic carbocycles. The van der Waals surface area contributed by atoms with E-state index in [0.29, 0.717) is 6.04 Å². The highest BCUT2D eigenvalue weighted by Crippen LogP contribution is 2.52. The Morgan fingerprint density at radius 2 is 2.00 bits per heavy atom. The molecule has 2 aliphatic carbocycles. The number of hydrogen-bond donors (Lipinski definition) is 1. The molecule has 2 fully saturated rings. The lowest BCUT2D eigenvalue weighted by atomic mass is 9.80. The van der Waals surface area contributed by atoms with E-state index in [2.05, 4.69) is 43.6 Å². The molecule has 110 valence electrons. The number of nitrogens with one attached hydrogen (secondary N) is 1. The maximum atomic E-state index is 5.68. The van der Waals surface area contributed by atoms with Gasteiger partial charge in [0, 0.05) is 6.04 Å². The van der Waals surface area contributed by atoms with Crippen LogP contribution in [-0.2, 0) is 0 Å².